The van der Waals surface area contributed by atoms with Gasteiger partial charge in [0.2, 0.25) is 5.16 Å². The molecule has 2 aromatic heterocycles. The molecule has 0 spiro atoms. The molecule has 22 heavy (non-hydrogen) atoms. The number of thioether (sulfide) groups is 1. The van der Waals surface area contributed by atoms with Crippen molar-refractivity contribution in [3.05, 3.63) is 50.9 Å². The Labute approximate surface area is 145 Å². The quantitative estimate of drug-likeness (QED) is 0.366. The van der Waals surface area contributed by atoms with Gasteiger partial charge in [-0.05, 0) is 54.6 Å². The van der Waals surface area contributed by atoms with E-state index in [0.29, 0.717) is 22.3 Å². The number of ketones is 1. The monoisotopic (exact) mass is 424 g/mol. The number of carbonyl (C=O) groups is 1. The molecule has 0 aliphatic heterocycles. The van der Waals surface area contributed by atoms with Crippen LogP contribution in [0.5, 0.6) is 0 Å². The highest BCUT2D eigenvalue weighted by Crippen LogP contribution is 2.17. The lowest BCUT2D eigenvalue weighted by Crippen LogP contribution is -2.02. The first-order valence-corrected chi connectivity index (χ1v) is 8.72. The molecule has 0 radical (unpaired) electrons. The minimum atomic E-state index is 0.0705. The Kier molecular flexibility index (Phi) is 4.44. The van der Waals surface area contributed by atoms with E-state index in [0.717, 1.165) is 15.0 Å². The summed E-state index contributed by atoms with van der Waals surface area (Å²) in [6.45, 7) is 3.89. The second-order valence-corrected chi connectivity index (χ2v) is 7.05. The molecular formula is C15H13IN4OS. The molecule has 0 aliphatic carbocycles. The maximum Gasteiger partial charge on any atom is 0.253 e. The first kappa shape index (κ1) is 15.4. The van der Waals surface area contributed by atoms with Gasteiger partial charge in [-0.25, -0.2) is 9.50 Å². The predicted octanol–water partition coefficient (Wildman–Crippen LogP) is 3.32. The topological polar surface area (TPSA) is 60.2 Å². The summed E-state index contributed by atoms with van der Waals surface area (Å²) in [6, 6.07) is 9.50. The highest BCUT2D eigenvalue weighted by Gasteiger charge is 2.11. The Bertz CT molecular complexity index is 845. The SMILES string of the molecule is Cc1cc(C)n2nc(SCC(=O)c3ccc(I)cc3)nc2n1. The number of carbonyl (C=O) groups excluding carboxylic acids is 1. The third kappa shape index (κ3) is 3.30. The van der Waals surface area contributed by atoms with Crippen molar-refractivity contribution in [3.8, 4) is 0 Å². The van der Waals surface area contributed by atoms with Gasteiger partial charge in [0.05, 0.1) is 5.75 Å². The Morgan fingerprint density at radius 3 is 2.68 bits per heavy atom. The first-order valence-electron chi connectivity index (χ1n) is 6.65. The van der Waals surface area contributed by atoms with Gasteiger partial charge in [0.1, 0.15) is 0 Å². The number of fused-ring (bicyclic) bond motifs is 1. The lowest BCUT2D eigenvalue weighted by Gasteiger charge is -1.99. The smallest absolute Gasteiger partial charge is 0.253 e. The second-order valence-electron chi connectivity index (χ2n) is 4.86. The van der Waals surface area contributed by atoms with Crippen LogP contribution < -0.4 is 0 Å². The molecule has 0 unspecified atom stereocenters. The van der Waals surface area contributed by atoms with Gasteiger partial charge in [0.25, 0.3) is 5.78 Å². The fourth-order valence-electron chi connectivity index (χ4n) is 2.06. The lowest BCUT2D eigenvalue weighted by atomic mass is 10.2. The van der Waals surface area contributed by atoms with E-state index in [4.69, 9.17) is 0 Å². The van der Waals surface area contributed by atoms with Gasteiger partial charge in [0, 0.05) is 20.5 Å². The highest BCUT2D eigenvalue weighted by atomic mass is 127. The number of Topliss-reactive ketones (excluding diaryl/α,β-unsaturated/α-hetero) is 1. The molecule has 0 bridgehead atoms. The molecule has 3 aromatic rings. The van der Waals surface area contributed by atoms with E-state index >= 15 is 0 Å². The summed E-state index contributed by atoms with van der Waals surface area (Å²) in [7, 11) is 0. The number of halogens is 1. The molecule has 0 saturated carbocycles. The Balaban J connectivity index is 1.75. The molecule has 3 rings (SSSR count). The van der Waals surface area contributed by atoms with Crippen LogP contribution in [-0.4, -0.2) is 31.1 Å². The minimum Gasteiger partial charge on any atom is -0.293 e. The maximum absolute atomic E-state index is 12.2. The van der Waals surface area contributed by atoms with Gasteiger partial charge in [0.15, 0.2) is 5.78 Å². The standard InChI is InChI=1S/C15H13IN4OS/c1-9-7-10(2)20-14(17-9)18-15(19-20)22-8-13(21)11-3-5-12(16)6-4-11/h3-7H,8H2,1-2H3. The largest absolute Gasteiger partial charge is 0.293 e. The van der Waals surface area contributed by atoms with Crippen LogP contribution in [0, 0.1) is 17.4 Å². The molecule has 0 N–H and O–H groups in total. The summed E-state index contributed by atoms with van der Waals surface area (Å²) < 4.78 is 2.81. The fourth-order valence-corrected chi connectivity index (χ4v) is 3.13. The second kappa shape index (κ2) is 6.33. The van der Waals surface area contributed by atoms with Crippen LogP contribution in [0.1, 0.15) is 21.7 Å². The van der Waals surface area contributed by atoms with Crippen molar-refractivity contribution < 1.29 is 4.79 Å². The molecule has 0 amide bonds. The molecule has 0 fully saturated rings. The van der Waals surface area contributed by atoms with Crippen LogP contribution in [0.2, 0.25) is 0 Å². The van der Waals surface area contributed by atoms with Crippen LogP contribution in [0.15, 0.2) is 35.5 Å². The van der Waals surface area contributed by atoms with Crippen LogP contribution in [-0.2, 0) is 0 Å². The zero-order chi connectivity index (χ0) is 15.7. The predicted molar refractivity (Wildman–Crippen MR) is 94.5 cm³/mol. The number of aromatic nitrogens is 4. The molecular weight excluding hydrogens is 411 g/mol. The third-order valence-corrected chi connectivity index (χ3v) is 4.65. The van der Waals surface area contributed by atoms with Gasteiger partial charge < -0.3 is 0 Å². The maximum atomic E-state index is 12.2. The highest BCUT2D eigenvalue weighted by molar-refractivity contribution is 14.1. The molecule has 0 aliphatic rings. The normalized spacial score (nSPS) is 11.0. The van der Waals surface area contributed by atoms with Crippen molar-refractivity contribution in [2.24, 2.45) is 0 Å². The minimum absolute atomic E-state index is 0.0705. The van der Waals surface area contributed by atoms with Crippen molar-refractivity contribution in [1.29, 1.82) is 0 Å². The molecule has 0 atom stereocenters. The van der Waals surface area contributed by atoms with Crippen molar-refractivity contribution in [2.45, 2.75) is 19.0 Å². The molecule has 7 heteroatoms. The van der Waals surface area contributed by atoms with Gasteiger partial charge in [-0.3, -0.25) is 4.79 Å². The van der Waals surface area contributed by atoms with Crippen LogP contribution >= 0.6 is 34.4 Å². The molecule has 2 heterocycles. The number of nitrogens with zero attached hydrogens (tertiary/aromatic N) is 4. The third-order valence-electron chi connectivity index (χ3n) is 3.10. The van der Waals surface area contributed by atoms with E-state index in [1.54, 1.807) is 4.52 Å². The molecule has 1 aromatic carbocycles. The molecule has 5 nitrogen and oxygen atoms in total. The summed E-state index contributed by atoms with van der Waals surface area (Å²) in [5.74, 6) is 0.956. The Morgan fingerprint density at radius 1 is 1.23 bits per heavy atom. The van der Waals surface area contributed by atoms with Gasteiger partial charge in [-0.1, -0.05) is 23.9 Å². The van der Waals surface area contributed by atoms with Crippen molar-refractivity contribution in [3.63, 3.8) is 0 Å². The summed E-state index contributed by atoms with van der Waals surface area (Å²) in [5, 5.41) is 4.96. The average Bonchev–Trinajstić information content (AvgIpc) is 2.89. The Hall–Kier alpha value is -1.48. The van der Waals surface area contributed by atoms with Crippen LogP contribution in [0.25, 0.3) is 5.78 Å². The van der Waals surface area contributed by atoms with Crippen molar-refractivity contribution in [1.82, 2.24) is 19.6 Å². The first-order chi connectivity index (χ1) is 10.5. The number of aryl methyl sites for hydroxylation is 2. The zero-order valence-corrected chi connectivity index (χ0v) is 15.1. The van der Waals surface area contributed by atoms with Crippen molar-refractivity contribution >= 4 is 45.9 Å². The van der Waals surface area contributed by atoms with E-state index in [1.165, 1.54) is 11.8 Å². The number of hydrogen-bond donors (Lipinski definition) is 0. The average molecular weight is 424 g/mol. The van der Waals surface area contributed by atoms with E-state index in [1.807, 2.05) is 44.2 Å². The number of benzene rings is 1. The Morgan fingerprint density at radius 2 is 1.95 bits per heavy atom. The van der Waals surface area contributed by atoms with Gasteiger partial charge in [-0.15, -0.1) is 5.10 Å². The summed E-state index contributed by atoms with van der Waals surface area (Å²) in [4.78, 5) is 20.9. The van der Waals surface area contributed by atoms with E-state index in [2.05, 4.69) is 37.7 Å². The fraction of sp³-hybridized carbons (Fsp3) is 0.200. The molecule has 0 saturated heterocycles. The van der Waals surface area contributed by atoms with Gasteiger partial charge >= 0.3 is 0 Å². The van der Waals surface area contributed by atoms with E-state index in [9.17, 15) is 4.79 Å². The number of hydrogen-bond acceptors (Lipinski definition) is 5. The zero-order valence-electron chi connectivity index (χ0n) is 12.1. The number of rotatable bonds is 4. The van der Waals surface area contributed by atoms with Crippen LogP contribution in [0.4, 0.5) is 0 Å². The van der Waals surface area contributed by atoms with E-state index < -0.39 is 0 Å². The lowest BCUT2D eigenvalue weighted by molar-refractivity contribution is 0.102. The molecule has 112 valence electrons. The van der Waals surface area contributed by atoms with Gasteiger partial charge in [-0.2, -0.15) is 4.98 Å². The van der Waals surface area contributed by atoms with Crippen LogP contribution in [0.3, 0.4) is 0 Å². The van der Waals surface area contributed by atoms with E-state index in [-0.39, 0.29) is 5.78 Å². The summed E-state index contributed by atoms with van der Waals surface area (Å²) in [6.07, 6.45) is 0. The summed E-state index contributed by atoms with van der Waals surface area (Å²) >= 11 is 3.55. The summed E-state index contributed by atoms with van der Waals surface area (Å²) in [5.41, 5.74) is 2.59. The van der Waals surface area contributed by atoms with Crippen molar-refractivity contribution in [2.75, 3.05) is 5.75 Å².